The third kappa shape index (κ3) is 6.21. The smallest absolute Gasteiger partial charge is 0.227 e. The summed E-state index contributed by atoms with van der Waals surface area (Å²) in [5.41, 5.74) is 0.850. The number of amides is 1. The standard InChI is InChI=1S/C19H27N3O3/c1-13(2)5-6-14(3)20-17(23)11-12-18-21-19(22-25-18)15-7-9-16(24-4)10-8-15/h7-10,13-14H,5-6,11-12H2,1-4H3,(H,20,23). The minimum atomic E-state index is 0.0143. The van der Waals surface area contributed by atoms with Crippen molar-refractivity contribution >= 4 is 5.91 Å². The first-order chi connectivity index (χ1) is 12.0. The van der Waals surface area contributed by atoms with Crippen molar-refractivity contribution in [3.63, 3.8) is 0 Å². The Morgan fingerprint density at radius 2 is 1.92 bits per heavy atom. The molecule has 25 heavy (non-hydrogen) atoms. The summed E-state index contributed by atoms with van der Waals surface area (Å²) in [6.07, 6.45) is 2.88. The molecule has 1 unspecified atom stereocenters. The molecule has 1 aromatic heterocycles. The van der Waals surface area contributed by atoms with Gasteiger partial charge in [-0.3, -0.25) is 4.79 Å². The highest BCUT2D eigenvalue weighted by atomic mass is 16.5. The first-order valence-corrected chi connectivity index (χ1v) is 8.74. The van der Waals surface area contributed by atoms with Gasteiger partial charge in [-0.25, -0.2) is 0 Å². The first kappa shape index (κ1) is 19.0. The van der Waals surface area contributed by atoms with Crippen LogP contribution in [0, 0.1) is 5.92 Å². The number of hydrogen-bond donors (Lipinski definition) is 1. The van der Waals surface area contributed by atoms with Crippen LogP contribution in [0.5, 0.6) is 5.75 Å². The van der Waals surface area contributed by atoms with Crippen molar-refractivity contribution in [3.05, 3.63) is 30.2 Å². The van der Waals surface area contributed by atoms with Crippen molar-refractivity contribution < 1.29 is 14.1 Å². The summed E-state index contributed by atoms with van der Waals surface area (Å²) in [6, 6.07) is 7.62. The largest absolute Gasteiger partial charge is 0.497 e. The van der Waals surface area contributed by atoms with Crippen molar-refractivity contribution in [2.45, 2.75) is 52.5 Å². The average Bonchev–Trinajstić information content (AvgIpc) is 3.07. The fourth-order valence-corrected chi connectivity index (χ4v) is 2.44. The molecule has 0 bridgehead atoms. The number of nitrogens with zero attached hydrogens (tertiary/aromatic N) is 2. The lowest BCUT2D eigenvalue weighted by molar-refractivity contribution is -0.121. The molecule has 2 rings (SSSR count). The van der Waals surface area contributed by atoms with Gasteiger partial charge in [-0.05, 0) is 49.9 Å². The van der Waals surface area contributed by atoms with Crippen LogP contribution in [0.4, 0.5) is 0 Å². The lowest BCUT2D eigenvalue weighted by atomic mass is 10.0. The predicted octanol–water partition coefficient (Wildman–Crippen LogP) is 3.62. The second-order valence-electron chi connectivity index (χ2n) is 6.68. The molecule has 0 radical (unpaired) electrons. The van der Waals surface area contributed by atoms with Gasteiger partial charge in [0.2, 0.25) is 17.6 Å². The van der Waals surface area contributed by atoms with E-state index in [1.165, 1.54) is 0 Å². The SMILES string of the molecule is COc1ccc(-c2noc(CCC(=O)NC(C)CCC(C)C)n2)cc1. The zero-order chi connectivity index (χ0) is 18.2. The summed E-state index contributed by atoms with van der Waals surface area (Å²) in [7, 11) is 1.62. The van der Waals surface area contributed by atoms with E-state index in [1.54, 1.807) is 7.11 Å². The topological polar surface area (TPSA) is 77.2 Å². The second kappa shape index (κ2) is 9.20. The van der Waals surface area contributed by atoms with E-state index in [-0.39, 0.29) is 11.9 Å². The Hall–Kier alpha value is -2.37. The molecule has 0 spiro atoms. The Balaban J connectivity index is 1.81. The quantitative estimate of drug-likeness (QED) is 0.751. The number of aromatic nitrogens is 2. The van der Waals surface area contributed by atoms with Gasteiger partial charge in [0.1, 0.15) is 5.75 Å². The molecule has 2 aromatic rings. The molecule has 0 aliphatic heterocycles. The molecule has 1 heterocycles. The van der Waals surface area contributed by atoms with Gasteiger partial charge in [0.05, 0.1) is 7.11 Å². The number of benzene rings is 1. The van der Waals surface area contributed by atoms with Gasteiger partial charge >= 0.3 is 0 Å². The maximum Gasteiger partial charge on any atom is 0.227 e. The summed E-state index contributed by atoms with van der Waals surface area (Å²) in [4.78, 5) is 16.4. The summed E-state index contributed by atoms with van der Waals surface area (Å²) in [6.45, 7) is 6.41. The molecule has 1 N–H and O–H groups in total. The van der Waals surface area contributed by atoms with Gasteiger partial charge < -0.3 is 14.6 Å². The fourth-order valence-electron chi connectivity index (χ4n) is 2.44. The van der Waals surface area contributed by atoms with Gasteiger partial charge in [0, 0.05) is 24.4 Å². The van der Waals surface area contributed by atoms with E-state index in [0.29, 0.717) is 30.5 Å². The number of hydrogen-bond acceptors (Lipinski definition) is 5. The molecule has 6 heteroatoms. The summed E-state index contributed by atoms with van der Waals surface area (Å²) in [5, 5.41) is 6.98. The number of aryl methyl sites for hydroxylation is 1. The van der Waals surface area contributed by atoms with E-state index in [1.807, 2.05) is 31.2 Å². The third-order valence-corrected chi connectivity index (χ3v) is 3.97. The Kier molecular flexibility index (Phi) is 6.98. The fraction of sp³-hybridized carbons (Fsp3) is 0.526. The molecule has 0 fully saturated rings. The lowest BCUT2D eigenvalue weighted by Crippen LogP contribution is -2.32. The number of carbonyl (C=O) groups excluding carboxylic acids is 1. The molecule has 1 amide bonds. The number of rotatable bonds is 9. The normalized spacial score (nSPS) is 12.2. The van der Waals surface area contributed by atoms with Crippen LogP contribution < -0.4 is 10.1 Å². The van der Waals surface area contributed by atoms with Crippen LogP contribution in [0.1, 0.15) is 45.9 Å². The zero-order valence-electron chi connectivity index (χ0n) is 15.4. The molecular weight excluding hydrogens is 318 g/mol. The minimum absolute atomic E-state index is 0.0143. The Morgan fingerprint density at radius 1 is 1.20 bits per heavy atom. The Morgan fingerprint density at radius 3 is 2.56 bits per heavy atom. The molecule has 0 aliphatic carbocycles. The first-order valence-electron chi connectivity index (χ1n) is 8.74. The van der Waals surface area contributed by atoms with E-state index in [2.05, 4.69) is 29.3 Å². The maximum absolute atomic E-state index is 12.0. The van der Waals surface area contributed by atoms with Crippen LogP contribution in [0.25, 0.3) is 11.4 Å². The van der Waals surface area contributed by atoms with Gasteiger partial charge in [-0.2, -0.15) is 4.98 Å². The predicted molar refractivity (Wildman–Crippen MR) is 96.3 cm³/mol. The molecule has 0 saturated heterocycles. The number of nitrogens with one attached hydrogen (secondary N) is 1. The highest BCUT2D eigenvalue weighted by molar-refractivity contribution is 5.76. The zero-order valence-corrected chi connectivity index (χ0v) is 15.4. The van der Waals surface area contributed by atoms with E-state index in [9.17, 15) is 4.79 Å². The van der Waals surface area contributed by atoms with Gasteiger partial charge in [0.25, 0.3) is 0 Å². The van der Waals surface area contributed by atoms with E-state index in [0.717, 1.165) is 24.2 Å². The van der Waals surface area contributed by atoms with Crippen LogP contribution in [0.3, 0.4) is 0 Å². The molecule has 0 aliphatic rings. The van der Waals surface area contributed by atoms with Crippen LogP contribution in [0.2, 0.25) is 0 Å². The van der Waals surface area contributed by atoms with Crippen molar-refractivity contribution in [3.8, 4) is 17.1 Å². The number of carbonyl (C=O) groups is 1. The van der Waals surface area contributed by atoms with Crippen LogP contribution >= 0.6 is 0 Å². The maximum atomic E-state index is 12.0. The van der Waals surface area contributed by atoms with Crippen molar-refractivity contribution in [1.29, 1.82) is 0 Å². The highest BCUT2D eigenvalue weighted by Crippen LogP contribution is 2.20. The molecule has 6 nitrogen and oxygen atoms in total. The molecule has 1 aromatic carbocycles. The van der Waals surface area contributed by atoms with Gasteiger partial charge in [0.15, 0.2) is 0 Å². The summed E-state index contributed by atoms with van der Waals surface area (Å²) < 4.78 is 10.4. The molecule has 136 valence electrons. The van der Waals surface area contributed by atoms with Gasteiger partial charge in [-0.1, -0.05) is 19.0 Å². The van der Waals surface area contributed by atoms with E-state index >= 15 is 0 Å². The Bertz CT molecular complexity index is 665. The van der Waals surface area contributed by atoms with E-state index in [4.69, 9.17) is 9.26 Å². The third-order valence-electron chi connectivity index (χ3n) is 3.97. The van der Waals surface area contributed by atoms with Crippen molar-refractivity contribution in [2.75, 3.05) is 7.11 Å². The second-order valence-corrected chi connectivity index (χ2v) is 6.68. The van der Waals surface area contributed by atoms with Crippen LogP contribution in [-0.4, -0.2) is 29.2 Å². The lowest BCUT2D eigenvalue weighted by Gasteiger charge is -2.14. The molecule has 1 atom stereocenters. The average molecular weight is 345 g/mol. The molecule has 0 saturated carbocycles. The number of methoxy groups -OCH3 is 1. The summed E-state index contributed by atoms with van der Waals surface area (Å²) >= 11 is 0. The Labute approximate surface area is 149 Å². The van der Waals surface area contributed by atoms with Crippen LogP contribution in [0.15, 0.2) is 28.8 Å². The van der Waals surface area contributed by atoms with Crippen LogP contribution in [-0.2, 0) is 11.2 Å². The summed E-state index contributed by atoms with van der Waals surface area (Å²) in [5.74, 6) is 2.42. The minimum Gasteiger partial charge on any atom is -0.497 e. The van der Waals surface area contributed by atoms with Gasteiger partial charge in [-0.15, -0.1) is 0 Å². The van der Waals surface area contributed by atoms with Crippen molar-refractivity contribution in [1.82, 2.24) is 15.5 Å². The highest BCUT2D eigenvalue weighted by Gasteiger charge is 2.12. The monoisotopic (exact) mass is 345 g/mol. The number of ether oxygens (including phenoxy) is 1. The molecular formula is C19H27N3O3. The van der Waals surface area contributed by atoms with E-state index < -0.39 is 0 Å². The van der Waals surface area contributed by atoms with Crippen molar-refractivity contribution in [2.24, 2.45) is 5.92 Å².